The summed E-state index contributed by atoms with van der Waals surface area (Å²) in [6, 6.07) is 20.9. The number of hydrogen-bond donors (Lipinski definition) is 0. The number of nitrogens with zero attached hydrogens (tertiary/aromatic N) is 1. The number of carbonyl (C=O) groups is 1. The molecule has 0 N–H and O–H groups in total. The van der Waals surface area contributed by atoms with Crippen molar-refractivity contribution >= 4 is 25.5 Å². The molecule has 1 saturated heterocycles. The predicted molar refractivity (Wildman–Crippen MR) is 174 cm³/mol. The van der Waals surface area contributed by atoms with Crippen molar-refractivity contribution in [3.8, 4) is 16.9 Å². The van der Waals surface area contributed by atoms with Crippen molar-refractivity contribution in [2.75, 3.05) is 43.5 Å². The van der Waals surface area contributed by atoms with Gasteiger partial charge in [-0.15, -0.1) is 0 Å². The number of benzene rings is 3. The van der Waals surface area contributed by atoms with Crippen LogP contribution in [-0.2, 0) is 24.5 Å². The molecule has 1 aliphatic heterocycles. The van der Waals surface area contributed by atoms with Crippen LogP contribution >= 0.6 is 0 Å². The summed E-state index contributed by atoms with van der Waals surface area (Å²) in [6.45, 7) is 4.21. The van der Waals surface area contributed by atoms with Gasteiger partial charge < -0.3 is 4.74 Å². The minimum absolute atomic E-state index is 0.0197. The van der Waals surface area contributed by atoms with E-state index in [0.717, 1.165) is 22.4 Å². The zero-order chi connectivity index (χ0) is 32.0. The predicted octanol–water partition coefficient (Wildman–Crippen LogP) is 5.94. The molecule has 5 rings (SSSR count). The van der Waals surface area contributed by atoms with Crippen LogP contribution < -0.4 is 4.74 Å². The lowest BCUT2D eigenvalue weighted by Crippen LogP contribution is -2.42. The van der Waals surface area contributed by atoms with E-state index >= 15 is 0 Å². The van der Waals surface area contributed by atoms with E-state index in [4.69, 9.17) is 4.74 Å². The summed E-state index contributed by atoms with van der Waals surface area (Å²) >= 11 is 0. The molecule has 1 heterocycles. The molecule has 0 spiro atoms. The summed E-state index contributed by atoms with van der Waals surface area (Å²) in [5.74, 6) is 1.13. The lowest BCUT2D eigenvalue weighted by Gasteiger charge is -2.28. The monoisotopic (exact) mass is 655 g/mol. The third kappa shape index (κ3) is 9.24. The number of ether oxygens (including phenoxy) is 1. The van der Waals surface area contributed by atoms with Gasteiger partial charge in [0.05, 0.1) is 22.2 Å². The lowest BCUT2D eigenvalue weighted by molar-refractivity contribution is -0.124. The quantitative estimate of drug-likeness (QED) is 0.238. The van der Waals surface area contributed by atoms with Gasteiger partial charge in [0, 0.05) is 32.0 Å². The molecular weight excluding hydrogens is 614 g/mol. The average molecular weight is 656 g/mol. The van der Waals surface area contributed by atoms with Gasteiger partial charge in [-0.25, -0.2) is 21.2 Å². The Labute approximate surface area is 266 Å². The highest BCUT2D eigenvalue weighted by atomic mass is 32.2. The van der Waals surface area contributed by atoms with E-state index in [2.05, 4.69) is 4.90 Å². The van der Waals surface area contributed by atoms with Crippen LogP contribution in [0.25, 0.3) is 11.1 Å². The SMILES string of the molecule is C[C@@H](CC(=O)C1CCC(CS(=O)(=O)c2ccc(-c3ccc(OCCN4CCS(=O)(=O)CC4)cc3)cc2)CC1)c1ccc(F)cc1. The molecule has 7 nitrogen and oxygen atoms in total. The number of halogens is 1. The maximum Gasteiger partial charge on any atom is 0.178 e. The molecule has 0 amide bonds. The van der Waals surface area contributed by atoms with Gasteiger partial charge >= 0.3 is 0 Å². The van der Waals surface area contributed by atoms with Gasteiger partial charge in [0.1, 0.15) is 24.0 Å². The van der Waals surface area contributed by atoms with Gasteiger partial charge in [-0.05, 0) is 90.6 Å². The lowest BCUT2D eigenvalue weighted by atomic mass is 9.78. The van der Waals surface area contributed by atoms with Crippen LogP contribution in [0.1, 0.15) is 50.5 Å². The minimum atomic E-state index is -3.46. The molecule has 3 aromatic rings. The Balaban J connectivity index is 1.07. The zero-order valence-electron chi connectivity index (χ0n) is 25.7. The Morgan fingerprint density at radius 1 is 0.889 bits per heavy atom. The van der Waals surface area contributed by atoms with Crippen LogP contribution in [0.5, 0.6) is 5.75 Å². The molecular formula is C35H42FNO6S2. The van der Waals surface area contributed by atoms with Crippen molar-refractivity contribution in [2.45, 2.75) is 49.8 Å². The summed E-state index contributed by atoms with van der Waals surface area (Å²) in [5, 5.41) is 0. The van der Waals surface area contributed by atoms with Crippen molar-refractivity contribution in [1.29, 1.82) is 0 Å². The topological polar surface area (TPSA) is 97.8 Å². The largest absolute Gasteiger partial charge is 0.492 e. The molecule has 2 fully saturated rings. The third-order valence-corrected chi connectivity index (χ3v) is 12.7. The second-order valence-corrected chi connectivity index (χ2v) is 16.9. The number of rotatable bonds is 12. The Hall–Kier alpha value is -3.08. The standard InChI is InChI=1S/C35H42FNO6S2/c1-26(28-6-12-32(36)13-7-28)24-35(38)31-4-2-27(3-5-31)25-45(41,42)34-16-10-30(11-17-34)29-8-14-33(15-9-29)43-21-18-37-19-22-44(39,40)23-20-37/h6-17,26-27,31H,2-5,18-25H2,1H3/t26-,27?,31?/m0/s1. The first-order valence-electron chi connectivity index (χ1n) is 15.7. The summed E-state index contributed by atoms with van der Waals surface area (Å²) in [4.78, 5) is 15.3. The Morgan fingerprint density at radius 3 is 2.07 bits per heavy atom. The van der Waals surface area contributed by atoms with Crippen LogP contribution in [-0.4, -0.2) is 71.0 Å². The Morgan fingerprint density at radius 2 is 1.47 bits per heavy atom. The molecule has 0 unspecified atom stereocenters. The average Bonchev–Trinajstić information content (AvgIpc) is 3.03. The second kappa shape index (κ2) is 14.6. The molecule has 10 heteroatoms. The Bertz CT molecular complexity index is 1630. The number of carbonyl (C=O) groups excluding carboxylic acids is 1. The Kier molecular flexibility index (Phi) is 10.8. The van der Waals surface area contributed by atoms with Gasteiger partial charge in [-0.3, -0.25) is 9.69 Å². The highest BCUT2D eigenvalue weighted by molar-refractivity contribution is 7.91. The maximum absolute atomic E-state index is 13.2. The van der Waals surface area contributed by atoms with Crippen LogP contribution in [0.15, 0.2) is 77.7 Å². The first kappa shape index (κ1) is 33.3. The summed E-state index contributed by atoms with van der Waals surface area (Å²) in [6.07, 6.45) is 3.25. The molecule has 0 radical (unpaired) electrons. The highest BCUT2D eigenvalue weighted by Gasteiger charge is 2.30. The van der Waals surface area contributed by atoms with E-state index in [1.807, 2.05) is 43.3 Å². The van der Waals surface area contributed by atoms with Crippen molar-refractivity contribution in [1.82, 2.24) is 4.90 Å². The number of ketones is 1. The van der Waals surface area contributed by atoms with E-state index in [1.165, 1.54) is 12.1 Å². The second-order valence-electron chi connectivity index (χ2n) is 12.5. The maximum atomic E-state index is 13.2. The van der Waals surface area contributed by atoms with Crippen LogP contribution in [0.4, 0.5) is 4.39 Å². The number of Topliss-reactive ketones (excluding diaryl/α,β-unsaturated/α-hetero) is 1. The van der Waals surface area contributed by atoms with Gasteiger partial charge in [-0.2, -0.15) is 0 Å². The summed E-state index contributed by atoms with van der Waals surface area (Å²) in [5.41, 5.74) is 2.80. The minimum Gasteiger partial charge on any atom is -0.492 e. The van der Waals surface area contributed by atoms with E-state index in [-0.39, 0.29) is 46.6 Å². The number of sulfone groups is 2. The van der Waals surface area contributed by atoms with Crippen LogP contribution in [0.3, 0.4) is 0 Å². The molecule has 2 aliphatic rings. The summed E-state index contributed by atoms with van der Waals surface area (Å²) < 4.78 is 68.7. The molecule has 45 heavy (non-hydrogen) atoms. The van der Waals surface area contributed by atoms with Crippen molar-refractivity contribution < 1.29 is 30.8 Å². The fourth-order valence-electron chi connectivity index (χ4n) is 6.30. The fraction of sp³-hybridized carbons (Fsp3) is 0.457. The molecule has 242 valence electrons. The highest BCUT2D eigenvalue weighted by Crippen LogP contribution is 2.34. The normalized spacial score (nSPS) is 21.2. The van der Waals surface area contributed by atoms with Crippen LogP contribution in [0, 0.1) is 17.7 Å². The molecule has 1 aliphatic carbocycles. The van der Waals surface area contributed by atoms with Gasteiger partial charge in [0.2, 0.25) is 0 Å². The van der Waals surface area contributed by atoms with E-state index in [0.29, 0.717) is 63.2 Å². The van der Waals surface area contributed by atoms with E-state index in [9.17, 15) is 26.0 Å². The number of hydrogen-bond acceptors (Lipinski definition) is 7. The third-order valence-electron chi connectivity index (χ3n) is 9.22. The molecule has 0 bridgehead atoms. The molecule has 0 aromatic heterocycles. The van der Waals surface area contributed by atoms with Crippen molar-refractivity contribution in [3.63, 3.8) is 0 Å². The van der Waals surface area contributed by atoms with Gasteiger partial charge in [0.15, 0.2) is 19.7 Å². The first-order valence-corrected chi connectivity index (χ1v) is 19.2. The molecule has 1 saturated carbocycles. The summed E-state index contributed by atoms with van der Waals surface area (Å²) in [7, 11) is -6.35. The first-order chi connectivity index (χ1) is 21.5. The van der Waals surface area contributed by atoms with E-state index in [1.54, 1.807) is 24.3 Å². The van der Waals surface area contributed by atoms with Crippen molar-refractivity contribution in [2.24, 2.45) is 11.8 Å². The molecule has 3 aromatic carbocycles. The zero-order valence-corrected chi connectivity index (χ0v) is 27.4. The smallest absolute Gasteiger partial charge is 0.178 e. The van der Waals surface area contributed by atoms with Gasteiger partial charge in [-0.1, -0.05) is 43.3 Å². The van der Waals surface area contributed by atoms with Crippen LogP contribution in [0.2, 0.25) is 0 Å². The van der Waals surface area contributed by atoms with Gasteiger partial charge in [0.25, 0.3) is 0 Å². The van der Waals surface area contributed by atoms with Crippen molar-refractivity contribution in [3.05, 3.63) is 84.2 Å². The fourth-order valence-corrected chi connectivity index (χ4v) is 9.27. The van der Waals surface area contributed by atoms with E-state index < -0.39 is 19.7 Å². The molecule has 1 atom stereocenters.